The number of pyridine rings is 1. The average Bonchev–Trinajstić information content (AvgIpc) is 2.45. The smallest absolute Gasteiger partial charge is 0.212 e. The van der Waals surface area contributed by atoms with E-state index in [1.807, 2.05) is 36.5 Å². The molecule has 2 aromatic rings. The monoisotopic (exact) mass is 243 g/mol. The van der Waals surface area contributed by atoms with Crippen LogP contribution in [0.25, 0.3) is 0 Å². The molecule has 0 spiro atoms. The van der Waals surface area contributed by atoms with Crippen LogP contribution in [0.4, 0.5) is 0 Å². The third-order valence-corrected chi connectivity index (χ3v) is 2.65. The summed E-state index contributed by atoms with van der Waals surface area (Å²) in [5.41, 5.74) is 2.36. The van der Waals surface area contributed by atoms with Crippen LogP contribution < -0.4 is 4.74 Å². The topological polar surface area (TPSA) is 31.4 Å². The van der Waals surface area contributed by atoms with Crippen molar-refractivity contribution >= 4 is 0 Å². The van der Waals surface area contributed by atoms with E-state index in [9.17, 15) is 0 Å². The number of hydrogen-bond donors (Lipinski definition) is 0. The lowest BCUT2D eigenvalue weighted by Crippen LogP contribution is -1.99. The maximum atomic E-state index is 5.62. The number of benzene rings is 1. The molecule has 0 aliphatic rings. The Balaban J connectivity index is 1.72. The van der Waals surface area contributed by atoms with Crippen molar-refractivity contribution in [1.29, 1.82) is 0 Å². The molecule has 0 unspecified atom stereocenters. The highest BCUT2D eigenvalue weighted by Gasteiger charge is 1.97. The molecule has 18 heavy (non-hydrogen) atoms. The third-order valence-electron chi connectivity index (χ3n) is 2.65. The van der Waals surface area contributed by atoms with Crippen molar-refractivity contribution in [2.24, 2.45) is 0 Å². The van der Waals surface area contributed by atoms with E-state index in [0.29, 0.717) is 19.1 Å². The summed E-state index contributed by atoms with van der Waals surface area (Å²) in [6.45, 7) is 1.35. The van der Waals surface area contributed by atoms with Crippen molar-refractivity contribution in [3.63, 3.8) is 0 Å². The van der Waals surface area contributed by atoms with E-state index in [0.717, 1.165) is 12.0 Å². The molecule has 1 heterocycles. The summed E-state index contributed by atoms with van der Waals surface area (Å²) in [6, 6.07) is 14.1. The minimum atomic E-state index is 0.643. The number of rotatable bonds is 6. The van der Waals surface area contributed by atoms with Crippen LogP contribution in [0.1, 0.15) is 11.1 Å². The first-order valence-electron chi connectivity index (χ1n) is 5.99. The first kappa shape index (κ1) is 12.6. The van der Waals surface area contributed by atoms with Gasteiger partial charge in [0.1, 0.15) is 0 Å². The van der Waals surface area contributed by atoms with Crippen LogP contribution >= 0.6 is 0 Å². The van der Waals surface area contributed by atoms with Crippen molar-refractivity contribution in [2.75, 3.05) is 13.7 Å². The highest BCUT2D eigenvalue weighted by molar-refractivity contribution is 5.18. The van der Waals surface area contributed by atoms with Crippen LogP contribution in [-0.2, 0) is 17.8 Å². The van der Waals surface area contributed by atoms with Gasteiger partial charge in [-0.2, -0.15) is 0 Å². The van der Waals surface area contributed by atoms with Crippen LogP contribution in [0, 0.1) is 0 Å². The lowest BCUT2D eigenvalue weighted by molar-refractivity contribution is 0.124. The molecule has 1 aromatic carbocycles. The molecule has 94 valence electrons. The van der Waals surface area contributed by atoms with E-state index in [4.69, 9.17) is 9.47 Å². The van der Waals surface area contributed by atoms with Gasteiger partial charge in [-0.3, -0.25) is 0 Å². The molecule has 0 bridgehead atoms. The summed E-state index contributed by atoms with van der Waals surface area (Å²) in [5.74, 6) is 0.643. The van der Waals surface area contributed by atoms with Crippen molar-refractivity contribution in [3.05, 3.63) is 59.8 Å². The lowest BCUT2D eigenvalue weighted by Gasteiger charge is -2.05. The lowest BCUT2D eigenvalue weighted by atomic mass is 10.2. The van der Waals surface area contributed by atoms with Gasteiger partial charge < -0.3 is 9.47 Å². The molecular weight excluding hydrogens is 226 g/mol. The van der Waals surface area contributed by atoms with Crippen molar-refractivity contribution in [3.8, 4) is 5.88 Å². The first-order chi connectivity index (χ1) is 8.88. The Bertz CT molecular complexity index is 454. The van der Waals surface area contributed by atoms with Crippen molar-refractivity contribution in [1.82, 2.24) is 4.98 Å². The molecule has 3 heteroatoms. The van der Waals surface area contributed by atoms with Gasteiger partial charge in [-0.1, -0.05) is 36.4 Å². The second kappa shape index (κ2) is 6.77. The quantitative estimate of drug-likeness (QED) is 0.731. The van der Waals surface area contributed by atoms with Crippen molar-refractivity contribution < 1.29 is 9.47 Å². The van der Waals surface area contributed by atoms with E-state index in [2.05, 4.69) is 17.1 Å². The standard InChI is InChI=1S/C15H17NO2/c1-17-15-8-7-13(11-16-15)9-10-18-12-14-5-3-2-4-6-14/h2-8,11H,9-10,12H2,1H3. The fourth-order valence-electron chi connectivity index (χ4n) is 1.63. The van der Waals surface area contributed by atoms with Crippen LogP contribution in [0.2, 0.25) is 0 Å². The van der Waals surface area contributed by atoms with Gasteiger partial charge in [0.15, 0.2) is 0 Å². The molecule has 0 fully saturated rings. The number of aromatic nitrogens is 1. The summed E-state index contributed by atoms with van der Waals surface area (Å²) in [6.07, 6.45) is 2.69. The highest BCUT2D eigenvalue weighted by atomic mass is 16.5. The molecular formula is C15H17NO2. The molecule has 0 N–H and O–H groups in total. The zero-order valence-electron chi connectivity index (χ0n) is 10.5. The summed E-state index contributed by atoms with van der Waals surface area (Å²) >= 11 is 0. The molecule has 0 aliphatic carbocycles. The van der Waals surface area contributed by atoms with Crippen LogP contribution in [0.5, 0.6) is 5.88 Å². The molecule has 0 saturated carbocycles. The second-order valence-corrected chi connectivity index (χ2v) is 4.00. The highest BCUT2D eigenvalue weighted by Crippen LogP contribution is 2.07. The third kappa shape index (κ3) is 3.86. The normalized spacial score (nSPS) is 10.3. The van der Waals surface area contributed by atoms with Gasteiger partial charge in [0.2, 0.25) is 5.88 Å². The van der Waals surface area contributed by atoms with Crippen LogP contribution in [0.3, 0.4) is 0 Å². The first-order valence-corrected chi connectivity index (χ1v) is 5.99. The Kier molecular flexibility index (Phi) is 4.73. The van der Waals surface area contributed by atoms with E-state index >= 15 is 0 Å². The summed E-state index contributed by atoms with van der Waals surface area (Å²) in [4.78, 5) is 4.16. The number of methoxy groups -OCH3 is 1. The molecule has 0 amide bonds. The molecule has 3 nitrogen and oxygen atoms in total. The van der Waals surface area contributed by atoms with E-state index in [-0.39, 0.29) is 0 Å². The zero-order valence-corrected chi connectivity index (χ0v) is 10.5. The molecule has 0 aliphatic heterocycles. The van der Waals surface area contributed by atoms with Gasteiger partial charge in [0.05, 0.1) is 20.3 Å². The number of nitrogens with zero attached hydrogens (tertiary/aromatic N) is 1. The molecule has 0 saturated heterocycles. The number of hydrogen-bond acceptors (Lipinski definition) is 3. The van der Waals surface area contributed by atoms with Gasteiger partial charge in [0.25, 0.3) is 0 Å². The summed E-state index contributed by atoms with van der Waals surface area (Å²) in [7, 11) is 1.62. The van der Waals surface area contributed by atoms with Crippen LogP contribution in [0.15, 0.2) is 48.7 Å². The Morgan fingerprint density at radius 1 is 1.00 bits per heavy atom. The maximum Gasteiger partial charge on any atom is 0.212 e. The van der Waals surface area contributed by atoms with Gasteiger partial charge in [0, 0.05) is 12.3 Å². The van der Waals surface area contributed by atoms with Gasteiger partial charge >= 0.3 is 0 Å². The fourth-order valence-corrected chi connectivity index (χ4v) is 1.63. The summed E-state index contributed by atoms with van der Waals surface area (Å²) < 4.78 is 10.6. The largest absolute Gasteiger partial charge is 0.481 e. The van der Waals surface area contributed by atoms with E-state index in [1.165, 1.54) is 5.56 Å². The zero-order chi connectivity index (χ0) is 12.6. The number of ether oxygens (including phenoxy) is 2. The molecule has 0 atom stereocenters. The average molecular weight is 243 g/mol. The Labute approximate surface area is 107 Å². The van der Waals surface area contributed by atoms with Gasteiger partial charge in [-0.15, -0.1) is 0 Å². The predicted molar refractivity (Wildman–Crippen MR) is 70.6 cm³/mol. The molecule has 2 rings (SSSR count). The summed E-state index contributed by atoms with van der Waals surface area (Å²) in [5, 5.41) is 0. The Hall–Kier alpha value is -1.87. The minimum Gasteiger partial charge on any atom is -0.481 e. The van der Waals surface area contributed by atoms with Gasteiger partial charge in [-0.25, -0.2) is 4.98 Å². The molecule has 0 radical (unpaired) electrons. The van der Waals surface area contributed by atoms with Crippen molar-refractivity contribution in [2.45, 2.75) is 13.0 Å². The predicted octanol–water partition coefficient (Wildman–Crippen LogP) is 2.85. The molecule has 1 aromatic heterocycles. The van der Waals surface area contributed by atoms with Gasteiger partial charge in [-0.05, 0) is 17.5 Å². The van der Waals surface area contributed by atoms with E-state index < -0.39 is 0 Å². The minimum absolute atomic E-state index is 0.643. The van der Waals surface area contributed by atoms with E-state index in [1.54, 1.807) is 7.11 Å². The van der Waals surface area contributed by atoms with Crippen LogP contribution in [-0.4, -0.2) is 18.7 Å². The Morgan fingerprint density at radius 3 is 2.50 bits per heavy atom. The fraction of sp³-hybridized carbons (Fsp3) is 0.267. The Morgan fingerprint density at radius 2 is 1.83 bits per heavy atom. The second-order valence-electron chi connectivity index (χ2n) is 4.00. The SMILES string of the molecule is COc1ccc(CCOCc2ccccc2)cn1. The maximum absolute atomic E-state index is 5.62.